The Bertz CT molecular complexity index is 579. The van der Waals surface area contributed by atoms with Gasteiger partial charge in [0.1, 0.15) is 0 Å². The van der Waals surface area contributed by atoms with Gasteiger partial charge >= 0.3 is 0 Å². The highest BCUT2D eigenvalue weighted by Crippen LogP contribution is 2.28. The maximum atomic E-state index is 9.47. The Kier molecular flexibility index (Phi) is 2.95. The smallest absolute Gasteiger partial charge is 0.223 e. The molecule has 5 nitrogen and oxygen atoms in total. The first-order valence-corrected chi connectivity index (χ1v) is 6.37. The zero-order chi connectivity index (χ0) is 13.2. The second kappa shape index (κ2) is 4.76. The first kappa shape index (κ1) is 11.8. The fourth-order valence-electron chi connectivity index (χ4n) is 2.56. The minimum Gasteiger partial charge on any atom is -0.493 e. The largest absolute Gasteiger partial charge is 0.493 e. The van der Waals surface area contributed by atoms with Crippen LogP contribution in [0.2, 0.25) is 0 Å². The van der Waals surface area contributed by atoms with Crippen molar-refractivity contribution >= 4 is 11.6 Å². The van der Waals surface area contributed by atoms with Gasteiger partial charge in [0.05, 0.1) is 12.2 Å². The summed E-state index contributed by atoms with van der Waals surface area (Å²) in [7, 11) is 0. The highest BCUT2D eigenvalue weighted by Gasteiger charge is 2.17. The number of fused-ring (bicyclic) bond motifs is 1. The van der Waals surface area contributed by atoms with Crippen LogP contribution in [0.25, 0.3) is 0 Å². The lowest BCUT2D eigenvalue weighted by atomic mass is 10.0. The summed E-state index contributed by atoms with van der Waals surface area (Å²) in [4.78, 5) is 10.1. The topological polar surface area (TPSA) is 75.3 Å². The zero-order valence-electron chi connectivity index (χ0n) is 10.6. The molecule has 0 fully saturated rings. The number of nitrogens with two attached hydrogens (primary N) is 1. The lowest BCUT2D eigenvalue weighted by Crippen LogP contribution is -2.29. The number of rotatable bonds is 2. The number of anilines is 2. The molecule has 3 rings (SSSR count). The molecule has 0 unspecified atom stereocenters. The summed E-state index contributed by atoms with van der Waals surface area (Å²) in [6, 6.07) is 9.96. The number of aromatic hydroxyl groups is 1. The van der Waals surface area contributed by atoms with Crippen molar-refractivity contribution in [2.75, 3.05) is 17.2 Å². The van der Waals surface area contributed by atoms with Crippen molar-refractivity contribution in [2.45, 2.75) is 19.4 Å². The molecular formula is C14H16N4O. The Labute approximate surface area is 111 Å². The van der Waals surface area contributed by atoms with Crippen LogP contribution in [0, 0.1) is 0 Å². The van der Waals surface area contributed by atoms with Crippen LogP contribution >= 0.6 is 0 Å². The molecule has 2 heterocycles. The van der Waals surface area contributed by atoms with E-state index in [9.17, 15) is 5.11 Å². The minimum absolute atomic E-state index is 0.0761. The van der Waals surface area contributed by atoms with Gasteiger partial charge < -0.3 is 15.7 Å². The molecule has 0 saturated heterocycles. The summed E-state index contributed by atoms with van der Waals surface area (Å²) in [5, 5.41) is 9.47. The van der Waals surface area contributed by atoms with E-state index in [-0.39, 0.29) is 11.8 Å². The number of hydrogen-bond donors (Lipinski definition) is 2. The average Bonchev–Trinajstić information content (AvgIpc) is 2.38. The highest BCUT2D eigenvalue weighted by atomic mass is 16.3. The van der Waals surface area contributed by atoms with E-state index in [4.69, 9.17) is 5.73 Å². The molecule has 0 bridgehead atoms. The molecular weight excluding hydrogens is 240 g/mol. The number of nitrogen functional groups attached to an aromatic ring is 1. The van der Waals surface area contributed by atoms with Gasteiger partial charge in [-0.15, -0.1) is 0 Å². The highest BCUT2D eigenvalue weighted by molar-refractivity contribution is 5.55. The fourth-order valence-corrected chi connectivity index (χ4v) is 2.56. The zero-order valence-corrected chi connectivity index (χ0v) is 10.6. The summed E-state index contributed by atoms with van der Waals surface area (Å²) in [6.07, 6.45) is 2.24. The van der Waals surface area contributed by atoms with E-state index >= 15 is 0 Å². The Morgan fingerprint density at radius 3 is 2.95 bits per heavy atom. The van der Waals surface area contributed by atoms with Crippen LogP contribution in [0.3, 0.4) is 0 Å². The van der Waals surface area contributed by atoms with Crippen molar-refractivity contribution < 1.29 is 5.11 Å². The number of hydrogen-bond acceptors (Lipinski definition) is 5. The lowest BCUT2D eigenvalue weighted by molar-refractivity contribution is 0.451. The number of aromatic nitrogens is 2. The quantitative estimate of drug-likeness (QED) is 0.855. The van der Waals surface area contributed by atoms with Crippen LogP contribution in [-0.4, -0.2) is 21.6 Å². The van der Waals surface area contributed by atoms with Crippen LogP contribution in [0.1, 0.15) is 17.7 Å². The van der Waals surface area contributed by atoms with Gasteiger partial charge in [-0.2, -0.15) is 4.98 Å². The summed E-state index contributed by atoms with van der Waals surface area (Å²) >= 11 is 0. The third-order valence-electron chi connectivity index (χ3n) is 3.34. The van der Waals surface area contributed by atoms with E-state index in [1.165, 1.54) is 11.3 Å². The van der Waals surface area contributed by atoms with E-state index in [2.05, 4.69) is 33.1 Å². The molecule has 98 valence electrons. The van der Waals surface area contributed by atoms with Crippen molar-refractivity contribution in [3.8, 4) is 5.88 Å². The van der Waals surface area contributed by atoms with Crippen molar-refractivity contribution in [1.82, 2.24) is 9.97 Å². The Hall–Kier alpha value is -2.30. The van der Waals surface area contributed by atoms with Gasteiger partial charge in [-0.25, -0.2) is 4.98 Å². The van der Waals surface area contributed by atoms with E-state index < -0.39 is 0 Å². The normalized spacial score (nSPS) is 14.2. The summed E-state index contributed by atoms with van der Waals surface area (Å²) in [5.41, 5.74) is 8.90. The molecule has 1 aromatic carbocycles. The molecule has 19 heavy (non-hydrogen) atoms. The summed E-state index contributed by atoms with van der Waals surface area (Å²) < 4.78 is 0. The van der Waals surface area contributed by atoms with Crippen LogP contribution < -0.4 is 10.6 Å². The van der Waals surface area contributed by atoms with E-state index in [0.29, 0.717) is 6.54 Å². The molecule has 1 aliphatic rings. The van der Waals surface area contributed by atoms with Gasteiger partial charge in [-0.05, 0) is 24.5 Å². The van der Waals surface area contributed by atoms with Crippen LogP contribution in [0.4, 0.5) is 11.6 Å². The first-order valence-electron chi connectivity index (χ1n) is 6.37. The molecule has 0 amide bonds. The van der Waals surface area contributed by atoms with Crippen LogP contribution in [-0.2, 0) is 13.0 Å². The predicted octanol–water partition coefficient (Wildman–Crippen LogP) is 1.72. The lowest BCUT2D eigenvalue weighted by Gasteiger charge is -2.31. The third kappa shape index (κ3) is 2.45. The number of para-hydroxylation sites is 1. The fraction of sp³-hybridized carbons (Fsp3) is 0.286. The van der Waals surface area contributed by atoms with Gasteiger partial charge in [0.2, 0.25) is 11.8 Å². The second-order valence-corrected chi connectivity index (χ2v) is 4.73. The van der Waals surface area contributed by atoms with Crippen molar-refractivity contribution in [3.05, 3.63) is 41.6 Å². The van der Waals surface area contributed by atoms with Crippen molar-refractivity contribution in [1.29, 1.82) is 0 Å². The second-order valence-electron chi connectivity index (χ2n) is 4.73. The molecule has 5 heteroatoms. The molecule has 0 saturated carbocycles. The number of aryl methyl sites for hydroxylation is 1. The molecule has 0 radical (unpaired) electrons. The van der Waals surface area contributed by atoms with Crippen molar-refractivity contribution in [3.63, 3.8) is 0 Å². The predicted molar refractivity (Wildman–Crippen MR) is 73.9 cm³/mol. The minimum atomic E-state index is -0.0761. The summed E-state index contributed by atoms with van der Waals surface area (Å²) in [5.74, 6) is 0.0353. The van der Waals surface area contributed by atoms with Crippen LogP contribution in [0.5, 0.6) is 5.88 Å². The van der Waals surface area contributed by atoms with Gasteiger partial charge in [0.25, 0.3) is 0 Å². The van der Waals surface area contributed by atoms with Gasteiger partial charge in [0.15, 0.2) is 0 Å². The molecule has 3 N–H and O–H groups in total. The van der Waals surface area contributed by atoms with Gasteiger partial charge in [0, 0.05) is 18.3 Å². The van der Waals surface area contributed by atoms with E-state index in [1.807, 2.05) is 6.07 Å². The Balaban J connectivity index is 1.88. The monoisotopic (exact) mass is 256 g/mol. The third-order valence-corrected chi connectivity index (χ3v) is 3.34. The molecule has 0 spiro atoms. The maximum Gasteiger partial charge on any atom is 0.223 e. The van der Waals surface area contributed by atoms with Gasteiger partial charge in [-0.1, -0.05) is 18.2 Å². The van der Waals surface area contributed by atoms with Crippen molar-refractivity contribution in [2.24, 2.45) is 0 Å². The standard InChI is InChI=1S/C14H16N4O/c15-14-16-11(8-13(19)17-14)9-18-7-3-5-10-4-1-2-6-12(10)18/h1-2,4,6,8H,3,5,7,9H2,(H3,15,16,17,19). The summed E-state index contributed by atoms with van der Waals surface area (Å²) in [6.45, 7) is 1.62. The van der Waals surface area contributed by atoms with E-state index in [0.717, 1.165) is 25.1 Å². The van der Waals surface area contributed by atoms with Crippen LogP contribution in [0.15, 0.2) is 30.3 Å². The maximum absolute atomic E-state index is 9.47. The first-order chi connectivity index (χ1) is 9.22. The average molecular weight is 256 g/mol. The Morgan fingerprint density at radius 1 is 1.26 bits per heavy atom. The molecule has 0 atom stereocenters. The number of nitrogens with zero attached hydrogens (tertiary/aromatic N) is 3. The SMILES string of the molecule is Nc1nc(O)cc(CN2CCCc3ccccc32)n1. The molecule has 1 aromatic heterocycles. The van der Waals surface area contributed by atoms with E-state index in [1.54, 1.807) is 6.07 Å². The Morgan fingerprint density at radius 2 is 2.11 bits per heavy atom. The molecule has 0 aliphatic carbocycles. The molecule has 2 aromatic rings. The molecule has 1 aliphatic heterocycles. The van der Waals surface area contributed by atoms with Gasteiger partial charge in [-0.3, -0.25) is 0 Å². The number of benzene rings is 1.